The van der Waals surface area contributed by atoms with Crippen LogP contribution in [0.15, 0.2) is 0 Å². The minimum Gasteiger partial charge on any atom is -0.305 e. The van der Waals surface area contributed by atoms with Gasteiger partial charge in [-0.3, -0.25) is 0 Å². The molecular formula is C11H23NS. The first-order chi connectivity index (χ1) is 6.04. The zero-order valence-electron chi connectivity index (χ0n) is 9.30. The van der Waals surface area contributed by atoms with E-state index >= 15 is 0 Å². The van der Waals surface area contributed by atoms with E-state index in [1.807, 2.05) is 0 Å². The lowest BCUT2D eigenvalue weighted by Gasteiger charge is -2.24. The van der Waals surface area contributed by atoms with Crippen molar-refractivity contribution in [3.63, 3.8) is 0 Å². The Bertz CT molecular complexity index is 171. The molecule has 1 N–H and O–H groups in total. The molecule has 1 heterocycles. The molecule has 1 nitrogen and oxygen atoms in total. The van der Waals surface area contributed by atoms with E-state index < -0.39 is 0 Å². The second-order valence-corrected chi connectivity index (χ2v) is 5.28. The highest BCUT2D eigenvalue weighted by Crippen LogP contribution is 2.39. The third kappa shape index (κ3) is 2.41. The van der Waals surface area contributed by atoms with E-state index in [0.29, 0.717) is 16.8 Å². The van der Waals surface area contributed by atoms with Crippen LogP contribution in [0.3, 0.4) is 0 Å². The Morgan fingerprint density at radius 1 is 1.38 bits per heavy atom. The van der Waals surface area contributed by atoms with Gasteiger partial charge in [-0.05, 0) is 32.6 Å². The summed E-state index contributed by atoms with van der Waals surface area (Å²) in [6.07, 6.45) is 3.71. The molecule has 0 amide bonds. The summed E-state index contributed by atoms with van der Waals surface area (Å²) >= 11 is 4.58. The zero-order valence-corrected chi connectivity index (χ0v) is 10.2. The second kappa shape index (κ2) is 4.22. The third-order valence-corrected chi connectivity index (χ3v) is 4.29. The summed E-state index contributed by atoms with van der Waals surface area (Å²) in [5.74, 6) is 0.796. The maximum absolute atomic E-state index is 4.58. The van der Waals surface area contributed by atoms with E-state index in [2.05, 4.69) is 45.6 Å². The molecule has 0 aromatic heterocycles. The lowest BCUT2D eigenvalue weighted by molar-refractivity contribution is 0.359. The minimum absolute atomic E-state index is 0.408. The fraction of sp³-hybridized carbons (Fsp3) is 1.00. The fourth-order valence-electron chi connectivity index (χ4n) is 2.23. The Hall–Kier alpha value is 0.310. The third-order valence-electron chi connectivity index (χ3n) is 3.71. The van der Waals surface area contributed by atoms with Crippen LogP contribution in [-0.4, -0.2) is 16.8 Å². The van der Waals surface area contributed by atoms with E-state index in [0.717, 1.165) is 5.92 Å². The van der Waals surface area contributed by atoms with Crippen molar-refractivity contribution in [3.05, 3.63) is 0 Å². The summed E-state index contributed by atoms with van der Waals surface area (Å²) in [6.45, 7) is 9.14. The Labute approximate surface area is 88.1 Å². The van der Waals surface area contributed by atoms with Crippen LogP contribution in [0, 0.1) is 5.92 Å². The van der Waals surface area contributed by atoms with Crippen molar-refractivity contribution < 1.29 is 0 Å². The molecule has 1 aliphatic heterocycles. The van der Waals surface area contributed by atoms with Crippen molar-refractivity contribution in [2.45, 2.75) is 63.8 Å². The molecule has 1 saturated heterocycles. The summed E-state index contributed by atoms with van der Waals surface area (Å²) < 4.78 is 0. The normalized spacial score (nSPS) is 37.2. The van der Waals surface area contributed by atoms with Gasteiger partial charge in [0.15, 0.2) is 0 Å². The van der Waals surface area contributed by atoms with Gasteiger partial charge in [0.25, 0.3) is 0 Å². The molecule has 78 valence electrons. The van der Waals surface area contributed by atoms with Gasteiger partial charge >= 0.3 is 0 Å². The summed E-state index contributed by atoms with van der Waals surface area (Å²) in [7, 11) is 0. The van der Waals surface area contributed by atoms with Crippen molar-refractivity contribution in [1.29, 1.82) is 0 Å². The van der Waals surface area contributed by atoms with Gasteiger partial charge in [-0.25, -0.2) is 0 Å². The van der Waals surface area contributed by atoms with Gasteiger partial charge in [0.05, 0.1) is 0 Å². The van der Waals surface area contributed by atoms with Crippen molar-refractivity contribution in [2.24, 2.45) is 5.92 Å². The molecule has 4 atom stereocenters. The van der Waals surface area contributed by atoms with E-state index in [9.17, 15) is 0 Å². The summed E-state index contributed by atoms with van der Waals surface area (Å²) in [5, 5.41) is 4.13. The highest BCUT2D eigenvalue weighted by Gasteiger charge is 2.50. The largest absolute Gasteiger partial charge is 0.305 e. The van der Waals surface area contributed by atoms with Crippen LogP contribution in [0.25, 0.3) is 0 Å². The first kappa shape index (κ1) is 11.4. The maximum atomic E-state index is 4.58. The predicted octanol–water partition coefficient (Wildman–Crippen LogP) is 2.86. The zero-order chi connectivity index (χ0) is 10.1. The fourth-order valence-corrected chi connectivity index (χ4v) is 2.48. The van der Waals surface area contributed by atoms with Crippen LogP contribution in [-0.2, 0) is 0 Å². The number of rotatable bonds is 5. The molecule has 1 fully saturated rings. The molecule has 1 rings (SSSR count). The van der Waals surface area contributed by atoms with Crippen molar-refractivity contribution in [3.8, 4) is 0 Å². The number of thiol groups is 1. The molecule has 0 aliphatic carbocycles. The molecule has 0 aromatic carbocycles. The van der Waals surface area contributed by atoms with Gasteiger partial charge in [-0.2, -0.15) is 12.6 Å². The van der Waals surface area contributed by atoms with Gasteiger partial charge in [0.2, 0.25) is 0 Å². The van der Waals surface area contributed by atoms with E-state index in [-0.39, 0.29) is 0 Å². The van der Waals surface area contributed by atoms with Crippen LogP contribution in [0.2, 0.25) is 0 Å². The van der Waals surface area contributed by atoms with Gasteiger partial charge in [-0.15, -0.1) is 0 Å². The molecule has 0 bridgehead atoms. The van der Waals surface area contributed by atoms with Crippen LogP contribution in [0.4, 0.5) is 0 Å². The van der Waals surface area contributed by atoms with Gasteiger partial charge in [0, 0.05) is 16.8 Å². The van der Waals surface area contributed by atoms with Crippen LogP contribution >= 0.6 is 12.6 Å². The van der Waals surface area contributed by atoms with Crippen molar-refractivity contribution in [2.75, 3.05) is 0 Å². The number of nitrogens with one attached hydrogen (secondary N) is 1. The Balaban J connectivity index is 2.44. The molecule has 4 unspecified atom stereocenters. The molecule has 0 radical (unpaired) electrons. The first-order valence-electron chi connectivity index (χ1n) is 5.50. The molecule has 0 spiro atoms. The summed E-state index contributed by atoms with van der Waals surface area (Å²) in [5.41, 5.74) is 0.408. The first-order valence-corrected chi connectivity index (χ1v) is 6.02. The van der Waals surface area contributed by atoms with E-state index in [4.69, 9.17) is 0 Å². The average Bonchev–Trinajstić information content (AvgIpc) is 2.71. The SMILES string of the molecule is CCC(S)CC(CC)C1(C)NC1C. The summed E-state index contributed by atoms with van der Waals surface area (Å²) in [4.78, 5) is 0. The highest BCUT2D eigenvalue weighted by atomic mass is 32.1. The lowest BCUT2D eigenvalue weighted by atomic mass is 9.84. The van der Waals surface area contributed by atoms with Crippen molar-refractivity contribution >= 4 is 12.6 Å². The number of hydrogen-bond donors (Lipinski definition) is 2. The number of hydrogen-bond acceptors (Lipinski definition) is 2. The van der Waals surface area contributed by atoms with Crippen LogP contribution in [0.5, 0.6) is 0 Å². The van der Waals surface area contributed by atoms with Crippen LogP contribution in [0.1, 0.15) is 47.0 Å². The van der Waals surface area contributed by atoms with Crippen LogP contribution < -0.4 is 5.32 Å². The Morgan fingerprint density at radius 3 is 2.23 bits per heavy atom. The summed E-state index contributed by atoms with van der Waals surface area (Å²) in [6, 6.07) is 0.704. The van der Waals surface area contributed by atoms with Gasteiger partial charge in [0.1, 0.15) is 0 Å². The maximum Gasteiger partial charge on any atom is 0.0335 e. The predicted molar refractivity (Wildman–Crippen MR) is 62.5 cm³/mol. The van der Waals surface area contributed by atoms with E-state index in [1.54, 1.807) is 0 Å². The minimum atomic E-state index is 0.408. The molecular weight excluding hydrogens is 178 g/mol. The average molecular weight is 201 g/mol. The van der Waals surface area contributed by atoms with Gasteiger partial charge < -0.3 is 5.32 Å². The monoisotopic (exact) mass is 201 g/mol. The Kier molecular flexibility index (Phi) is 3.70. The quantitative estimate of drug-likeness (QED) is 0.518. The molecule has 2 heteroatoms. The molecule has 1 aliphatic rings. The molecule has 13 heavy (non-hydrogen) atoms. The molecule has 0 saturated carbocycles. The van der Waals surface area contributed by atoms with Crippen molar-refractivity contribution in [1.82, 2.24) is 5.32 Å². The van der Waals surface area contributed by atoms with E-state index in [1.165, 1.54) is 19.3 Å². The molecule has 0 aromatic rings. The highest BCUT2D eigenvalue weighted by molar-refractivity contribution is 7.80. The van der Waals surface area contributed by atoms with Gasteiger partial charge in [-0.1, -0.05) is 20.3 Å². The standard InChI is InChI=1S/C11H23NS/c1-5-9(7-10(13)6-2)11(4)8(3)12-11/h8-10,12-13H,5-7H2,1-4H3. The smallest absolute Gasteiger partial charge is 0.0335 e. The topological polar surface area (TPSA) is 21.9 Å². The second-order valence-electron chi connectivity index (χ2n) is 4.55. The Morgan fingerprint density at radius 2 is 1.92 bits per heavy atom. The lowest BCUT2D eigenvalue weighted by Crippen LogP contribution is -2.27.